The lowest BCUT2D eigenvalue weighted by molar-refractivity contribution is 0.00645. The minimum Gasteiger partial charge on any atom is -0.390 e. The van der Waals surface area contributed by atoms with Crippen LogP contribution in [0, 0.1) is 12.8 Å². The second kappa shape index (κ2) is 9.17. The quantitative estimate of drug-likeness (QED) is 0.521. The Labute approximate surface area is 197 Å². The predicted molar refractivity (Wildman–Crippen MR) is 131 cm³/mol. The van der Waals surface area contributed by atoms with Gasteiger partial charge in [-0.05, 0) is 68.9 Å². The number of amides is 1. The molecule has 6 nitrogen and oxygen atoms in total. The highest BCUT2D eigenvalue weighted by molar-refractivity contribution is 7.17. The SMILES string of the molecule is Cc1cc(NC(=O)c2ncc(-c3ccc(Cl)cc3)s2)cnc1N1CCC(C(C)(C)O)CC1. The summed E-state index contributed by atoms with van der Waals surface area (Å²) in [5, 5.41) is 14.2. The molecule has 0 aliphatic carbocycles. The van der Waals surface area contributed by atoms with E-state index >= 15 is 0 Å². The molecule has 3 aromatic rings. The van der Waals surface area contributed by atoms with Crippen LogP contribution in [0.25, 0.3) is 10.4 Å². The van der Waals surface area contributed by atoms with Crippen LogP contribution in [0.4, 0.5) is 11.5 Å². The zero-order chi connectivity index (χ0) is 22.9. The van der Waals surface area contributed by atoms with E-state index < -0.39 is 5.60 Å². The molecule has 32 heavy (non-hydrogen) atoms. The number of anilines is 2. The van der Waals surface area contributed by atoms with Crippen LogP contribution in [0.15, 0.2) is 42.7 Å². The van der Waals surface area contributed by atoms with Gasteiger partial charge in [-0.15, -0.1) is 11.3 Å². The van der Waals surface area contributed by atoms with Crippen molar-refractivity contribution in [3.8, 4) is 10.4 Å². The number of nitrogens with one attached hydrogen (secondary N) is 1. The van der Waals surface area contributed by atoms with Gasteiger partial charge in [0.05, 0.1) is 22.4 Å². The molecule has 1 amide bonds. The van der Waals surface area contributed by atoms with Crippen molar-refractivity contribution in [3.05, 3.63) is 58.3 Å². The number of piperidine rings is 1. The second-order valence-electron chi connectivity index (χ2n) is 8.77. The number of hydrogen-bond acceptors (Lipinski definition) is 6. The Morgan fingerprint density at radius 1 is 1.19 bits per heavy atom. The number of thiazole rings is 1. The van der Waals surface area contributed by atoms with Gasteiger partial charge in [0.1, 0.15) is 5.82 Å². The van der Waals surface area contributed by atoms with E-state index in [0.717, 1.165) is 47.8 Å². The van der Waals surface area contributed by atoms with Crippen LogP contribution in [-0.4, -0.2) is 39.7 Å². The Hall–Kier alpha value is -2.48. The van der Waals surface area contributed by atoms with E-state index in [1.165, 1.54) is 11.3 Å². The van der Waals surface area contributed by atoms with Crippen LogP contribution in [0.5, 0.6) is 0 Å². The first-order chi connectivity index (χ1) is 15.2. The number of pyridine rings is 1. The molecule has 0 unspecified atom stereocenters. The number of carbonyl (C=O) groups excluding carboxylic acids is 1. The standard InChI is InChI=1S/C24H27ClN4O2S/c1-15-12-19(13-26-21(15)29-10-8-17(9-11-29)24(2,3)31)28-22(30)23-27-14-20(32-23)16-4-6-18(25)7-5-16/h4-7,12-14,17,31H,8-11H2,1-3H3,(H,28,30). The summed E-state index contributed by atoms with van der Waals surface area (Å²) in [7, 11) is 0. The molecule has 2 aromatic heterocycles. The minimum atomic E-state index is -0.647. The lowest BCUT2D eigenvalue weighted by Gasteiger charge is -2.38. The van der Waals surface area contributed by atoms with Crippen molar-refractivity contribution in [2.75, 3.05) is 23.3 Å². The van der Waals surface area contributed by atoms with Crippen molar-refractivity contribution >= 4 is 40.4 Å². The molecule has 168 valence electrons. The highest BCUT2D eigenvalue weighted by Gasteiger charge is 2.31. The Balaban J connectivity index is 1.41. The second-order valence-corrected chi connectivity index (χ2v) is 10.2. The number of nitrogens with zero attached hydrogens (tertiary/aromatic N) is 3. The highest BCUT2D eigenvalue weighted by atomic mass is 35.5. The van der Waals surface area contributed by atoms with Gasteiger partial charge in [-0.25, -0.2) is 9.97 Å². The monoisotopic (exact) mass is 470 g/mol. The zero-order valence-electron chi connectivity index (χ0n) is 18.4. The average molecular weight is 471 g/mol. The molecular formula is C24H27ClN4O2S. The molecule has 0 bridgehead atoms. The van der Waals surface area contributed by atoms with Gasteiger partial charge in [-0.3, -0.25) is 4.79 Å². The van der Waals surface area contributed by atoms with Crippen molar-refractivity contribution in [3.63, 3.8) is 0 Å². The van der Waals surface area contributed by atoms with E-state index in [2.05, 4.69) is 20.2 Å². The molecule has 3 heterocycles. The molecule has 1 saturated heterocycles. The fourth-order valence-corrected chi connectivity index (χ4v) is 5.02. The smallest absolute Gasteiger partial charge is 0.284 e. The van der Waals surface area contributed by atoms with E-state index in [0.29, 0.717) is 21.6 Å². The van der Waals surface area contributed by atoms with Crippen molar-refractivity contribution in [1.82, 2.24) is 9.97 Å². The molecule has 1 aliphatic heterocycles. The van der Waals surface area contributed by atoms with E-state index in [-0.39, 0.29) is 5.91 Å². The zero-order valence-corrected chi connectivity index (χ0v) is 20.0. The third kappa shape index (κ3) is 5.11. The van der Waals surface area contributed by atoms with Crippen molar-refractivity contribution in [1.29, 1.82) is 0 Å². The van der Waals surface area contributed by atoms with Crippen LogP contribution < -0.4 is 10.2 Å². The van der Waals surface area contributed by atoms with Crippen molar-refractivity contribution in [2.45, 2.75) is 39.2 Å². The van der Waals surface area contributed by atoms with Crippen LogP contribution in [-0.2, 0) is 0 Å². The van der Waals surface area contributed by atoms with Crippen LogP contribution >= 0.6 is 22.9 Å². The van der Waals surface area contributed by atoms with Gasteiger partial charge >= 0.3 is 0 Å². The van der Waals surface area contributed by atoms with Gasteiger partial charge < -0.3 is 15.3 Å². The fourth-order valence-electron chi connectivity index (χ4n) is 4.08. The number of aryl methyl sites for hydroxylation is 1. The summed E-state index contributed by atoms with van der Waals surface area (Å²) in [5.41, 5.74) is 1.98. The first-order valence-electron chi connectivity index (χ1n) is 10.7. The van der Waals surface area contributed by atoms with Crippen LogP contribution in [0.1, 0.15) is 42.1 Å². The van der Waals surface area contributed by atoms with Crippen molar-refractivity contribution in [2.24, 2.45) is 5.92 Å². The summed E-state index contributed by atoms with van der Waals surface area (Å²) in [6.45, 7) is 7.49. The van der Waals surface area contributed by atoms with Crippen LogP contribution in [0.2, 0.25) is 5.02 Å². The van der Waals surface area contributed by atoms with E-state index in [9.17, 15) is 9.90 Å². The molecule has 4 rings (SSSR count). The minimum absolute atomic E-state index is 0.254. The third-order valence-electron chi connectivity index (χ3n) is 5.93. The van der Waals surface area contributed by atoms with Crippen LogP contribution in [0.3, 0.4) is 0 Å². The summed E-state index contributed by atoms with van der Waals surface area (Å²) >= 11 is 7.28. The molecule has 1 fully saturated rings. The topological polar surface area (TPSA) is 78.4 Å². The molecule has 8 heteroatoms. The molecule has 0 spiro atoms. The summed E-state index contributed by atoms with van der Waals surface area (Å²) in [6.07, 6.45) is 5.26. The Bertz CT molecular complexity index is 1100. The van der Waals surface area contributed by atoms with Gasteiger partial charge in [0.25, 0.3) is 5.91 Å². The molecule has 0 radical (unpaired) electrons. The number of halogens is 1. The number of rotatable bonds is 5. The molecule has 0 atom stereocenters. The molecular weight excluding hydrogens is 444 g/mol. The van der Waals surface area contributed by atoms with E-state index in [1.54, 1.807) is 12.4 Å². The van der Waals surface area contributed by atoms with Gasteiger partial charge in [-0.1, -0.05) is 23.7 Å². The number of hydrogen-bond donors (Lipinski definition) is 2. The van der Waals surface area contributed by atoms with Crippen molar-refractivity contribution < 1.29 is 9.90 Å². The maximum absolute atomic E-state index is 12.7. The lowest BCUT2D eigenvalue weighted by Crippen LogP contribution is -2.42. The summed E-state index contributed by atoms with van der Waals surface area (Å²) in [5.74, 6) is 0.973. The predicted octanol–water partition coefficient (Wildman–Crippen LogP) is 5.41. The van der Waals surface area contributed by atoms with Gasteiger partial charge in [-0.2, -0.15) is 0 Å². The first kappa shape index (κ1) is 22.7. The average Bonchev–Trinajstić information content (AvgIpc) is 3.24. The number of aliphatic hydroxyl groups is 1. The summed E-state index contributed by atoms with van der Waals surface area (Å²) in [4.78, 5) is 24.7. The molecule has 1 aliphatic rings. The largest absolute Gasteiger partial charge is 0.390 e. The van der Waals surface area contributed by atoms with E-state index in [1.807, 2.05) is 51.1 Å². The summed E-state index contributed by atoms with van der Waals surface area (Å²) in [6, 6.07) is 9.40. The molecule has 1 aromatic carbocycles. The summed E-state index contributed by atoms with van der Waals surface area (Å²) < 4.78 is 0. The third-order valence-corrected chi connectivity index (χ3v) is 7.23. The first-order valence-corrected chi connectivity index (χ1v) is 11.9. The van der Waals surface area contributed by atoms with E-state index in [4.69, 9.17) is 11.6 Å². The Morgan fingerprint density at radius 3 is 2.50 bits per heavy atom. The fraction of sp³-hybridized carbons (Fsp3) is 0.375. The number of carbonyl (C=O) groups is 1. The highest BCUT2D eigenvalue weighted by Crippen LogP contribution is 2.32. The van der Waals surface area contributed by atoms with Gasteiger partial charge in [0, 0.05) is 24.3 Å². The lowest BCUT2D eigenvalue weighted by atomic mass is 9.83. The molecule has 2 N–H and O–H groups in total. The maximum Gasteiger partial charge on any atom is 0.284 e. The normalized spacial score (nSPS) is 15.1. The molecule has 0 saturated carbocycles. The van der Waals surface area contributed by atoms with Gasteiger partial charge in [0.2, 0.25) is 0 Å². The maximum atomic E-state index is 12.7. The Morgan fingerprint density at radius 2 is 1.88 bits per heavy atom. The number of benzene rings is 1. The number of aromatic nitrogens is 2. The van der Waals surface area contributed by atoms with Gasteiger partial charge in [0.15, 0.2) is 5.01 Å². The Kier molecular flexibility index (Phi) is 6.51.